The van der Waals surface area contributed by atoms with Crippen LogP contribution in [0.4, 0.5) is 23.2 Å². The molecule has 1 fully saturated rings. The van der Waals surface area contributed by atoms with Gasteiger partial charge in [0, 0.05) is 11.6 Å². The molecule has 2 atom stereocenters. The fourth-order valence-electron chi connectivity index (χ4n) is 2.40. The number of nitrogens with zero attached hydrogens (tertiary/aromatic N) is 1. The summed E-state index contributed by atoms with van der Waals surface area (Å²) in [7, 11) is 0. The number of nitrogens with one attached hydrogen (secondary N) is 1. The van der Waals surface area contributed by atoms with Crippen molar-refractivity contribution < 1.29 is 22.5 Å². The molecule has 0 aromatic heterocycles. The maximum atomic E-state index is 14.1. The topological polar surface area (TPSA) is 55.2 Å². The molecule has 9 heteroatoms. The standard InChI is InChI=1S/C13H12F4N2O2S/c1-12(2-3-13(17,6-14)11(22)18-12)8-4-7(19(20)21)5-9(15)10(8)16/h4-5H,2-3,6H2,1H3,(H,18,22)/t12-,13-/m0/s1. The first-order valence-corrected chi connectivity index (χ1v) is 6.75. The van der Waals surface area contributed by atoms with Crippen molar-refractivity contribution in [3.8, 4) is 0 Å². The van der Waals surface area contributed by atoms with E-state index in [1.807, 2.05) is 0 Å². The number of benzene rings is 1. The highest BCUT2D eigenvalue weighted by atomic mass is 32.1. The van der Waals surface area contributed by atoms with Crippen molar-refractivity contribution >= 4 is 22.9 Å². The Hall–Kier alpha value is -1.77. The van der Waals surface area contributed by atoms with Gasteiger partial charge >= 0.3 is 0 Å². The van der Waals surface area contributed by atoms with E-state index in [-0.39, 0.29) is 18.4 Å². The van der Waals surface area contributed by atoms with Gasteiger partial charge < -0.3 is 5.32 Å². The Kier molecular flexibility index (Phi) is 4.12. The normalized spacial score (nSPS) is 28.3. The third-order valence-corrected chi connectivity index (χ3v) is 4.32. The minimum atomic E-state index is -2.36. The highest BCUT2D eigenvalue weighted by Gasteiger charge is 2.47. The van der Waals surface area contributed by atoms with Crippen LogP contribution in [0.1, 0.15) is 25.3 Å². The lowest BCUT2D eigenvalue weighted by atomic mass is 9.79. The zero-order chi connectivity index (χ0) is 16.7. The number of alkyl halides is 2. The first-order chi connectivity index (χ1) is 10.1. The largest absolute Gasteiger partial charge is 0.368 e. The molecule has 0 saturated carbocycles. The predicted molar refractivity (Wildman–Crippen MR) is 75.1 cm³/mol. The van der Waals surface area contributed by atoms with Crippen molar-refractivity contribution in [2.75, 3.05) is 6.67 Å². The van der Waals surface area contributed by atoms with Crippen LogP contribution in [0.5, 0.6) is 0 Å². The second-order valence-corrected chi connectivity index (χ2v) is 5.84. The molecule has 1 aliphatic heterocycles. The van der Waals surface area contributed by atoms with Crippen molar-refractivity contribution in [3.63, 3.8) is 0 Å². The number of rotatable bonds is 3. The number of piperidine rings is 1. The van der Waals surface area contributed by atoms with E-state index in [4.69, 9.17) is 12.2 Å². The summed E-state index contributed by atoms with van der Waals surface area (Å²) in [4.78, 5) is 9.45. The van der Waals surface area contributed by atoms with Crippen LogP contribution in [0, 0.1) is 21.7 Å². The lowest BCUT2D eigenvalue weighted by Crippen LogP contribution is -2.57. The van der Waals surface area contributed by atoms with Gasteiger partial charge in [-0.2, -0.15) is 0 Å². The number of halogens is 4. The zero-order valence-corrected chi connectivity index (χ0v) is 12.3. The van der Waals surface area contributed by atoms with Gasteiger partial charge in [-0.3, -0.25) is 10.1 Å². The maximum Gasteiger partial charge on any atom is 0.272 e. The summed E-state index contributed by atoms with van der Waals surface area (Å²) in [5.74, 6) is -2.67. The van der Waals surface area contributed by atoms with Crippen molar-refractivity contribution in [1.29, 1.82) is 0 Å². The molecule has 2 rings (SSSR count). The van der Waals surface area contributed by atoms with Crippen LogP contribution in [0.15, 0.2) is 12.1 Å². The number of non-ortho nitro benzene ring substituents is 1. The molecule has 1 N–H and O–H groups in total. The van der Waals surface area contributed by atoms with Crippen molar-refractivity contribution in [3.05, 3.63) is 39.4 Å². The Labute approximate surface area is 128 Å². The van der Waals surface area contributed by atoms with Crippen LogP contribution in [0.3, 0.4) is 0 Å². The van der Waals surface area contributed by atoms with Gasteiger partial charge in [0.05, 0.1) is 16.5 Å². The highest BCUT2D eigenvalue weighted by Crippen LogP contribution is 2.39. The van der Waals surface area contributed by atoms with Crippen molar-refractivity contribution in [2.24, 2.45) is 0 Å². The van der Waals surface area contributed by atoms with Crippen LogP contribution in [0.2, 0.25) is 0 Å². The van der Waals surface area contributed by atoms with Crippen molar-refractivity contribution in [1.82, 2.24) is 5.32 Å². The summed E-state index contributed by atoms with van der Waals surface area (Å²) >= 11 is 4.77. The highest BCUT2D eigenvalue weighted by molar-refractivity contribution is 7.80. The summed E-state index contributed by atoms with van der Waals surface area (Å²) in [5, 5.41) is 13.3. The monoisotopic (exact) mass is 336 g/mol. The van der Waals surface area contributed by atoms with E-state index in [0.717, 1.165) is 6.07 Å². The number of hydrogen-bond acceptors (Lipinski definition) is 3. The molecule has 0 aliphatic carbocycles. The lowest BCUT2D eigenvalue weighted by molar-refractivity contribution is -0.385. The molecule has 4 nitrogen and oxygen atoms in total. The molecule has 1 heterocycles. The summed E-state index contributed by atoms with van der Waals surface area (Å²) in [6.45, 7) is 0.0688. The van der Waals surface area contributed by atoms with Gasteiger partial charge in [0.15, 0.2) is 17.3 Å². The molecule has 120 valence electrons. The molecule has 0 bridgehead atoms. The van der Waals surface area contributed by atoms with Gasteiger partial charge in [0.2, 0.25) is 0 Å². The van der Waals surface area contributed by atoms with E-state index in [2.05, 4.69) is 5.32 Å². The minimum absolute atomic E-state index is 0.106. The number of thiocarbonyl (C=S) groups is 1. The van der Waals surface area contributed by atoms with Crippen LogP contribution >= 0.6 is 12.2 Å². The molecule has 1 aromatic carbocycles. The Morgan fingerprint density at radius 1 is 1.41 bits per heavy atom. The number of nitro groups is 1. The molecule has 1 aromatic rings. The third kappa shape index (κ3) is 2.65. The van der Waals surface area contributed by atoms with Gasteiger partial charge in [-0.1, -0.05) is 12.2 Å². The third-order valence-electron chi connectivity index (χ3n) is 3.85. The van der Waals surface area contributed by atoms with E-state index in [1.54, 1.807) is 0 Å². The Bertz CT molecular complexity index is 657. The SMILES string of the molecule is C[C@@]1(c2cc([N+](=O)[O-])cc(F)c2F)CC[C@](F)(CF)C(=S)N1. The van der Waals surface area contributed by atoms with Crippen LogP contribution < -0.4 is 5.32 Å². The first-order valence-electron chi connectivity index (χ1n) is 6.34. The molecule has 1 saturated heterocycles. The van der Waals surface area contributed by atoms with E-state index < -0.39 is 45.1 Å². The maximum absolute atomic E-state index is 14.1. The van der Waals surface area contributed by atoms with Crippen LogP contribution in [0.25, 0.3) is 0 Å². The van der Waals surface area contributed by atoms with E-state index in [9.17, 15) is 27.7 Å². The number of hydrogen-bond donors (Lipinski definition) is 1. The molecule has 0 amide bonds. The Balaban J connectivity index is 2.48. The lowest BCUT2D eigenvalue weighted by Gasteiger charge is -2.42. The number of nitro benzene ring substituents is 1. The fourth-order valence-corrected chi connectivity index (χ4v) is 2.78. The molecular formula is C13H12F4N2O2S. The van der Waals surface area contributed by atoms with E-state index >= 15 is 0 Å². The van der Waals surface area contributed by atoms with Crippen LogP contribution in [-0.4, -0.2) is 22.3 Å². The summed E-state index contributed by atoms with van der Waals surface area (Å²) in [6.07, 6.45) is -0.444. The molecule has 0 spiro atoms. The summed E-state index contributed by atoms with van der Waals surface area (Å²) in [6, 6.07) is 1.33. The Morgan fingerprint density at radius 2 is 2.05 bits per heavy atom. The van der Waals surface area contributed by atoms with Crippen LogP contribution in [-0.2, 0) is 5.54 Å². The van der Waals surface area contributed by atoms with E-state index in [1.165, 1.54) is 6.92 Å². The molecular weight excluding hydrogens is 324 g/mol. The van der Waals surface area contributed by atoms with Gasteiger partial charge in [0.25, 0.3) is 5.69 Å². The predicted octanol–water partition coefficient (Wildman–Crippen LogP) is 3.48. The average Bonchev–Trinajstić information content (AvgIpc) is 2.46. The van der Waals surface area contributed by atoms with Gasteiger partial charge in [-0.25, -0.2) is 17.6 Å². The quantitative estimate of drug-likeness (QED) is 0.397. The molecule has 0 radical (unpaired) electrons. The molecule has 0 unspecified atom stereocenters. The van der Waals surface area contributed by atoms with Gasteiger partial charge in [0.1, 0.15) is 11.7 Å². The zero-order valence-electron chi connectivity index (χ0n) is 11.5. The summed E-state index contributed by atoms with van der Waals surface area (Å²) < 4.78 is 54.4. The van der Waals surface area contributed by atoms with Crippen molar-refractivity contribution in [2.45, 2.75) is 31.0 Å². The minimum Gasteiger partial charge on any atom is -0.368 e. The van der Waals surface area contributed by atoms with Gasteiger partial charge in [-0.15, -0.1) is 0 Å². The summed E-state index contributed by atoms with van der Waals surface area (Å²) in [5.41, 5.74) is -4.70. The smallest absolute Gasteiger partial charge is 0.272 e. The molecule has 22 heavy (non-hydrogen) atoms. The molecule has 1 aliphatic rings. The second kappa shape index (κ2) is 5.45. The Morgan fingerprint density at radius 3 is 2.55 bits per heavy atom. The van der Waals surface area contributed by atoms with Gasteiger partial charge in [-0.05, 0) is 19.8 Å². The first kappa shape index (κ1) is 16.6. The average molecular weight is 336 g/mol. The fraction of sp³-hybridized carbons (Fsp3) is 0.462. The second-order valence-electron chi connectivity index (χ2n) is 5.43. The van der Waals surface area contributed by atoms with E-state index in [0.29, 0.717) is 6.07 Å².